The van der Waals surface area contributed by atoms with Crippen molar-refractivity contribution >= 4 is 38.4 Å². The largest absolute Gasteiger partial charge is 0.360 e. The maximum absolute atomic E-state index is 4.62. The zero-order chi connectivity index (χ0) is 14.2. The molecule has 4 aromatic rings. The number of H-pyrrole nitrogens is 1. The molecule has 1 atom stereocenters. The molecular formula is C15H13N5S. The molecule has 21 heavy (non-hydrogen) atoms. The second kappa shape index (κ2) is 4.82. The lowest BCUT2D eigenvalue weighted by molar-refractivity contribution is 0.810. The van der Waals surface area contributed by atoms with Gasteiger partial charge in [0.25, 0.3) is 0 Å². The smallest absolute Gasteiger partial charge is 0.138 e. The first kappa shape index (κ1) is 12.3. The molecule has 0 spiro atoms. The van der Waals surface area contributed by atoms with Crippen LogP contribution in [0.2, 0.25) is 0 Å². The normalized spacial score (nSPS) is 12.8. The first-order valence-electron chi connectivity index (χ1n) is 6.70. The Labute approximate surface area is 125 Å². The molecular weight excluding hydrogens is 282 g/mol. The fourth-order valence-electron chi connectivity index (χ4n) is 2.36. The number of rotatable bonds is 3. The summed E-state index contributed by atoms with van der Waals surface area (Å²) in [6, 6.07) is 10.1. The van der Waals surface area contributed by atoms with Gasteiger partial charge in [0.05, 0.1) is 22.5 Å². The van der Waals surface area contributed by atoms with Crippen molar-refractivity contribution in [1.82, 2.24) is 19.9 Å². The average molecular weight is 295 g/mol. The van der Waals surface area contributed by atoms with E-state index in [4.69, 9.17) is 0 Å². The van der Waals surface area contributed by atoms with Crippen molar-refractivity contribution in [3.63, 3.8) is 0 Å². The molecule has 0 aliphatic carbocycles. The van der Waals surface area contributed by atoms with Gasteiger partial charge in [-0.3, -0.25) is 0 Å². The van der Waals surface area contributed by atoms with Crippen LogP contribution in [-0.4, -0.2) is 19.9 Å². The summed E-state index contributed by atoms with van der Waals surface area (Å²) in [6.07, 6.45) is 1.59. The van der Waals surface area contributed by atoms with Crippen LogP contribution in [0.25, 0.3) is 21.3 Å². The Morgan fingerprint density at radius 2 is 2.10 bits per heavy atom. The van der Waals surface area contributed by atoms with Crippen LogP contribution in [0.3, 0.4) is 0 Å². The van der Waals surface area contributed by atoms with E-state index >= 15 is 0 Å². The first-order valence-corrected chi connectivity index (χ1v) is 7.58. The van der Waals surface area contributed by atoms with E-state index in [1.54, 1.807) is 17.7 Å². The Kier molecular flexibility index (Phi) is 2.82. The zero-order valence-corrected chi connectivity index (χ0v) is 12.2. The molecule has 0 amide bonds. The van der Waals surface area contributed by atoms with Gasteiger partial charge in [0.1, 0.15) is 22.8 Å². The Morgan fingerprint density at radius 1 is 1.19 bits per heavy atom. The van der Waals surface area contributed by atoms with E-state index in [0.717, 1.165) is 32.9 Å². The van der Waals surface area contributed by atoms with Gasteiger partial charge in [-0.05, 0) is 30.5 Å². The number of aromatic nitrogens is 4. The lowest BCUT2D eigenvalue weighted by Crippen LogP contribution is -2.09. The summed E-state index contributed by atoms with van der Waals surface area (Å²) < 4.78 is 0. The van der Waals surface area contributed by atoms with Gasteiger partial charge >= 0.3 is 0 Å². The third kappa shape index (κ3) is 2.13. The minimum atomic E-state index is 0.0374. The van der Waals surface area contributed by atoms with E-state index in [9.17, 15) is 0 Å². The highest BCUT2D eigenvalue weighted by Crippen LogP contribution is 2.26. The highest BCUT2D eigenvalue weighted by atomic mass is 32.1. The van der Waals surface area contributed by atoms with Crippen molar-refractivity contribution in [2.45, 2.75) is 13.0 Å². The molecule has 0 bridgehead atoms. The molecule has 0 saturated carbocycles. The maximum Gasteiger partial charge on any atom is 0.138 e. The molecule has 0 aliphatic rings. The zero-order valence-electron chi connectivity index (χ0n) is 11.4. The Hall–Kier alpha value is -2.47. The Morgan fingerprint density at radius 3 is 3.00 bits per heavy atom. The van der Waals surface area contributed by atoms with Gasteiger partial charge in [0.15, 0.2) is 0 Å². The van der Waals surface area contributed by atoms with Crippen LogP contribution in [0, 0.1) is 0 Å². The second-order valence-electron chi connectivity index (χ2n) is 4.87. The number of hydrogen-bond donors (Lipinski definition) is 2. The number of aromatic amines is 1. The number of nitrogens with zero attached hydrogens (tertiary/aromatic N) is 3. The van der Waals surface area contributed by atoms with Gasteiger partial charge in [-0.1, -0.05) is 12.1 Å². The van der Waals surface area contributed by atoms with E-state index in [1.165, 1.54) is 0 Å². The van der Waals surface area contributed by atoms with Gasteiger partial charge in [-0.25, -0.2) is 15.0 Å². The van der Waals surface area contributed by atoms with Gasteiger partial charge in [-0.2, -0.15) is 0 Å². The Bertz CT molecular complexity index is 877. The molecule has 104 valence electrons. The van der Waals surface area contributed by atoms with E-state index in [2.05, 4.69) is 32.2 Å². The molecule has 5 nitrogen and oxygen atoms in total. The lowest BCUT2D eigenvalue weighted by atomic mass is 10.3. The van der Waals surface area contributed by atoms with Crippen LogP contribution < -0.4 is 5.32 Å². The molecule has 6 heteroatoms. The van der Waals surface area contributed by atoms with Gasteiger partial charge in [-0.15, -0.1) is 11.3 Å². The van der Waals surface area contributed by atoms with Gasteiger partial charge < -0.3 is 10.3 Å². The Balaban J connectivity index is 1.68. The molecule has 4 rings (SSSR count). The number of imidazole rings is 1. The maximum atomic E-state index is 4.62. The molecule has 1 aromatic carbocycles. The minimum Gasteiger partial charge on any atom is -0.360 e. The summed E-state index contributed by atoms with van der Waals surface area (Å²) >= 11 is 1.61. The lowest BCUT2D eigenvalue weighted by Gasteiger charge is -2.12. The van der Waals surface area contributed by atoms with Crippen LogP contribution in [0.15, 0.2) is 42.0 Å². The highest BCUT2D eigenvalue weighted by Gasteiger charge is 2.13. The fourth-order valence-corrected chi connectivity index (χ4v) is 3.09. The number of anilines is 1. The van der Waals surface area contributed by atoms with Crippen molar-refractivity contribution in [3.05, 3.63) is 47.9 Å². The summed E-state index contributed by atoms with van der Waals surface area (Å²) in [5, 5.41) is 6.48. The molecule has 3 heterocycles. The third-order valence-corrected chi connectivity index (χ3v) is 4.25. The predicted molar refractivity (Wildman–Crippen MR) is 85.5 cm³/mol. The number of hydrogen-bond acceptors (Lipinski definition) is 5. The molecule has 2 N–H and O–H groups in total. The van der Waals surface area contributed by atoms with Crippen LogP contribution in [-0.2, 0) is 0 Å². The van der Waals surface area contributed by atoms with Crippen LogP contribution in [0.1, 0.15) is 18.8 Å². The van der Waals surface area contributed by atoms with Crippen molar-refractivity contribution in [2.75, 3.05) is 5.32 Å². The second-order valence-corrected chi connectivity index (χ2v) is 5.76. The minimum absolute atomic E-state index is 0.0374. The number of para-hydroxylation sites is 2. The summed E-state index contributed by atoms with van der Waals surface area (Å²) in [5.74, 6) is 1.74. The molecule has 0 fully saturated rings. The molecule has 1 unspecified atom stereocenters. The SMILES string of the molecule is CC(Nc1ncnc2sccc12)c1nc2ccccc2[nH]1. The first-order chi connectivity index (χ1) is 10.3. The van der Waals surface area contributed by atoms with Crippen molar-refractivity contribution in [1.29, 1.82) is 0 Å². The quantitative estimate of drug-likeness (QED) is 0.604. The monoisotopic (exact) mass is 295 g/mol. The van der Waals surface area contributed by atoms with E-state index in [1.807, 2.05) is 35.7 Å². The number of benzene rings is 1. The fraction of sp³-hybridized carbons (Fsp3) is 0.133. The summed E-state index contributed by atoms with van der Waals surface area (Å²) in [7, 11) is 0. The highest BCUT2D eigenvalue weighted by molar-refractivity contribution is 7.16. The van der Waals surface area contributed by atoms with Crippen LogP contribution >= 0.6 is 11.3 Å². The topological polar surface area (TPSA) is 66.5 Å². The summed E-state index contributed by atoms with van der Waals surface area (Å²) in [4.78, 5) is 17.6. The van der Waals surface area contributed by atoms with Crippen LogP contribution in [0.4, 0.5) is 5.82 Å². The van der Waals surface area contributed by atoms with E-state index in [0.29, 0.717) is 0 Å². The molecule has 0 saturated heterocycles. The third-order valence-electron chi connectivity index (χ3n) is 3.43. The molecule has 3 aromatic heterocycles. The van der Waals surface area contributed by atoms with E-state index in [-0.39, 0.29) is 6.04 Å². The van der Waals surface area contributed by atoms with Gasteiger partial charge in [0, 0.05) is 0 Å². The number of thiophene rings is 1. The van der Waals surface area contributed by atoms with Crippen molar-refractivity contribution < 1.29 is 0 Å². The van der Waals surface area contributed by atoms with Crippen LogP contribution in [0.5, 0.6) is 0 Å². The molecule has 0 radical (unpaired) electrons. The van der Waals surface area contributed by atoms with Crippen molar-refractivity contribution in [3.8, 4) is 0 Å². The number of nitrogens with one attached hydrogen (secondary N) is 2. The molecule has 0 aliphatic heterocycles. The van der Waals surface area contributed by atoms with E-state index < -0.39 is 0 Å². The number of fused-ring (bicyclic) bond motifs is 2. The summed E-state index contributed by atoms with van der Waals surface area (Å²) in [5.41, 5.74) is 2.02. The van der Waals surface area contributed by atoms with Crippen molar-refractivity contribution in [2.24, 2.45) is 0 Å². The standard InChI is InChI=1S/C15H13N5S/c1-9(13-19-11-4-2-3-5-12(11)20-13)18-14-10-6-7-21-15(10)17-8-16-14/h2-9H,1H3,(H,19,20)(H,16,17,18). The predicted octanol–water partition coefficient (Wildman–Crippen LogP) is 3.74. The van der Waals surface area contributed by atoms with Gasteiger partial charge in [0.2, 0.25) is 0 Å². The summed E-state index contributed by atoms with van der Waals surface area (Å²) in [6.45, 7) is 2.07. The average Bonchev–Trinajstić information content (AvgIpc) is 3.14.